The SMILES string of the molecule is CCOC(=O)CN1C(=O)C(O)(CC(=O)c2ccccc2O)c2ccccc21. The highest BCUT2D eigenvalue weighted by atomic mass is 16.5. The van der Waals surface area contributed by atoms with Crippen LogP contribution in [0.3, 0.4) is 0 Å². The van der Waals surface area contributed by atoms with Gasteiger partial charge in [-0.05, 0) is 25.1 Å². The lowest BCUT2D eigenvalue weighted by atomic mass is 9.88. The summed E-state index contributed by atoms with van der Waals surface area (Å²) in [6.07, 6.45) is -0.556. The molecule has 1 amide bonds. The molecule has 0 bridgehead atoms. The number of carbonyl (C=O) groups is 3. The molecule has 2 aromatic carbocycles. The molecule has 0 fully saturated rings. The van der Waals surface area contributed by atoms with Crippen molar-refractivity contribution in [2.75, 3.05) is 18.1 Å². The van der Waals surface area contributed by atoms with Crippen molar-refractivity contribution in [3.8, 4) is 5.75 Å². The van der Waals surface area contributed by atoms with E-state index < -0.39 is 29.7 Å². The van der Waals surface area contributed by atoms with E-state index in [0.29, 0.717) is 5.69 Å². The first-order chi connectivity index (χ1) is 12.9. The lowest BCUT2D eigenvalue weighted by molar-refractivity contribution is -0.144. The van der Waals surface area contributed by atoms with Crippen LogP contribution in [0.4, 0.5) is 5.69 Å². The lowest BCUT2D eigenvalue weighted by Gasteiger charge is -2.22. The number of anilines is 1. The molecule has 0 radical (unpaired) electrons. The molecular weight excluding hydrogens is 350 g/mol. The maximum Gasteiger partial charge on any atom is 0.326 e. The van der Waals surface area contributed by atoms with Crippen LogP contribution in [-0.2, 0) is 19.9 Å². The van der Waals surface area contributed by atoms with Gasteiger partial charge in [0.2, 0.25) is 0 Å². The molecule has 1 heterocycles. The zero-order chi connectivity index (χ0) is 19.6. The van der Waals surface area contributed by atoms with Gasteiger partial charge in [-0.15, -0.1) is 0 Å². The molecule has 2 aromatic rings. The van der Waals surface area contributed by atoms with Gasteiger partial charge in [0.25, 0.3) is 5.91 Å². The van der Waals surface area contributed by atoms with Crippen LogP contribution in [0.1, 0.15) is 29.3 Å². The normalized spacial score (nSPS) is 18.3. The fraction of sp³-hybridized carbons (Fsp3) is 0.250. The van der Waals surface area contributed by atoms with E-state index in [4.69, 9.17) is 4.74 Å². The Kier molecular flexibility index (Phi) is 4.96. The van der Waals surface area contributed by atoms with Gasteiger partial charge in [-0.2, -0.15) is 0 Å². The lowest BCUT2D eigenvalue weighted by Crippen LogP contribution is -2.44. The van der Waals surface area contributed by atoms with E-state index in [0.717, 1.165) is 4.90 Å². The van der Waals surface area contributed by atoms with Crippen molar-refractivity contribution in [2.24, 2.45) is 0 Å². The van der Waals surface area contributed by atoms with Gasteiger partial charge in [0.1, 0.15) is 12.3 Å². The van der Waals surface area contributed by atoms with Crippen LogP contribution in [0.25, 0.3) is 0 Å². The molecular formula is C20H19NO6. The van der Waals surface area contributed by atoms with E-state index in [1.807, 2.05) is 0 Å². The minimum atomic E-state index is -2.12. The van der Waals surface area contributed by atoms with Crippen molar-refractivity contribution in [1.29, 1.82) is 0 Å². The third-order valence-corrected chi connectivity index (χ3v) is 4.45. The van der Waals surface area contributed by atoms with Crippen LogP contribution in [0.5, 0.6) is 5.75 Å². The minimum absolute atomic E-state index is 0.0139. The highest BCUT2D eigenvalue weighted by molar-refractivity contribution is 6.12. The summed E-state index contributed by atoms with van der Waals surface area (Å²) >= 11 is 0. The number of phenols is 1. The van der Waals surface area contributed by atoms with E-state index in [1.54, 1.807) is 37.3 Å². The first-order valence-electron chi connectivity index (χ1n) is 8.49. The van der Waals surface area contributed by atoms with Crippen LogP contribution in [0.15, 0.2) is 48.5 Å². The molecule has 1 unspecified atom stereocenters. The number of para-hydroxylation sites is 2. The quantitative estimate of drug-likeness (QED) is 0.594. The molecule has 0 saturated carbocycles. The molecule has 0 aromatic heterocycles. The van der Waals surface area contributed by atoms with Gasteiger partial charge in [0.05, 0.1) is 24.3 Å². The number of Topliss-reactive ketones (excluding diaryl/α,β-unsaturated/α-hetero) is 1. The summed E-state index contributed by atoms with van der Waals surface area (Å²) in [6.45, 7) is 1.45. The standard InChI is InChI=1S/C20H19NO6/c1-2-27-18(24)12-21-15-9-5-4-8-14(15)20(26,19(21)25)11-17(23)13-7-3-6-10-16(13)22/h3-10,22,26H,2,11-12H2,1H3. The second-order valence-corrected chi connectivity index (χ2v) is 6.19. The Morgan fingerprint density at radius 3 is 2.48 bits per heavy atom. The average molecular weight is 369 g/mol. The van der Waals surface area contributed by atoms with Crippen LogP contribution < -0.4 is 4.90 Å². The minimum Gasteiger partial charge on any atom is -0.507 e. The number of carbonyl (C=O) groups excluding carboxylic acids is 3. The summed E-state index contributed by atoms with van der Waals surface area (Å²) in [6, 6.07) is 12.4. The largest absolute Gasteiger partial charge is 0.507 e. The van der Waals surface area contributed by atoms with Crippen LogP contribution in [0.2, 0.25) is 0 Å². The first kappa shape index (κ1) is 18.6. The van der Waals surface area contributed by atoms with E-state index in [2.05, 4.69) is 0 Å². The molecule has 0 spiro atoms. The summed E-state index contributed by atoms with van der Waals surface area (Å²) in [5.74, 6) is -2.21. The summed E-state index contributed by atoms with van der Waals surface area (Å²) in [7, 11) is 0. The number of ether oxygens (including phenoxy) is 1. The maximum absolute atomic E-state index is 12.9. The fourth-order valence-electron chi connectivity index (χ4n) is 3.21. The number of benzene rings is 2. The van der Waals surface area contributed by atoms with Crippen LogP contribution in [-0.4, -0.2) is 41.0 Å². The van der Waals surface area contributed by atoms with Crippen molar-refractivity contribution < 1.29 is 29.3 Å². The van der Waals surface area contributed by atoms with E-state index >= 15 is 0 Å². The smallest absolute Gasteiger partial charge is 0.326 e. The van der Waals surface area contributed by atoms with Crippen molar-refractivity contribution in [2.45, 2.75) is 18.9 Å². The van der Waals surface area contributed by atoms with Gasteiger partial charge in [-0.3, -0.25) is 19.3 Å². The first-order valence-corrected chi connectivity index (χ1v) is 8.49. The highest BCUT2D eigenvalue weighted by Crippen LogP contribution is 2.43. The van der Waals surface area contributed by atoms with Crippen molar-refractivity contribution in [1.82, 2.24) is 0 Å². The van der Waals surface area contributed by atoms with Crippen molar-refractivity contribution >= 4 is 23.3 Å². The number of phenolic OH excluding ortho intramolecular Hbond substituents is 1. The van der Waals surface area contributed by atoms with Gasteiger partial charge in [-0.25, -0.2) is 0 Å². The third-order valence-electron chi connectivity index (χ3n) is 4.45. The number of rotatable bonds is 6. The molecule has 7 heteroatoms. The molecule has 1 atom stereocenters. The molecule has 0 aliphatic carbocycles. The van der Waals surface area contributed by atoms with Gasteiger partial charge in [-0.1, -0.05) is 30.3 Å². The number of amides is 1. The van der Waals surface area contributed by atoms with Gasteiger partial charge >= 0.3 is 5.97 Å². The number of aromatic hydroxyl groups is 1. The number of esters is 1. The van der Waals surface area contributed by atoms with Crippen LogP contribution >= 0.6 is 0 Å². The third kappa shape index (κ3) is 3.29. The maximum atomic E-state index is 12.9. The average Bonchev–Trinajstić information content (AvgIpc) is 2.84. The van der Waals surface area contributed by atoms with Crippen molar-refractivity contribution in [3.05, 3.63) is 59.7 Å². The topological polar surface area (TPSA) is 104 Å². The number of nitrogens with zero attached hydrogens (tertiary/aromatic N) is 1. The zero-order valence-corrected chi connectivity index (χ0v) is 14.7. The summed E-state index contributed by atoms with van der Waals surface area (Å²) in [5.41, 5.74) is -1.52. The Morgan fingerprint density at radius 2 is 1.78 bits per heavy atom. The summed E-state index contributed by atoms with van der Waals surface area (Å²) < 4.78 is 4.89. The Bertz CT molecular complexity index is 909. The monoisotopic (exact) mass is 369 g/mol. The molecule has 0 saturated heterocycles. The number of aliphatic hydroxyl groups is 1. The summed E-state index contributed by atoms with van der Waals surface area (Å²) in [4.78, 5) is 38.5. The Morgan fingerprint density at radius 1 is 1.11 bits per heavy atom. The molecule has 1 aliphatic rings. The molecule has 7 nitrogen and oxygen atoms in total. The molecule has 1 aliphatic heterocycles. The zero-order valence-electron chi connectivity index (χ0n) is 14.7. The Hall–Kier alpha value is -3.19. The summed E-state index contributed by atoms with van der Waals surface area (Å²) in [5, 5.41) is 21.0. The second kappa shape index (κ2) is 7.20. The number of fused-ring (bicyclic) bond motifs is 1. The fourth-order valence-corrected chi connectivity index (χ4v) is 3.21. The van der Waals surface area contributed by atoms with E-state index in [9.17, 15) is 24.6 Å². The van der Waals surface area contributed by atoms with Crippen molar-refractivity contribution in [3.63, 3.8) is 0 Å². The van der Waals surface area contributed by atoms with Gasteiger partial charge in [0.15, 0.2) is 11.4 Å². The van der Waals surface area contributed by atoms with E-state index in [-0.39, 0.29) is 30.0 Å². The molecule has 2 N–H and O–H groups in total. The highest BCUT2D eigenvalue weighted by Gasteiger charge is 2.51. The molecule has 27 heavy (non-hydrogen) atoms. The number of ketones is 1. The predicted molar refractivity (Wildman–Crippen MR) is 96.4 cm³/mol. The van der Waals surface area contributed by atoms with Crippen LogP contribution in [0, 0.1) is 0 Å². The number of hydrogen-bond donors (Lipinski definition) is 2. The van der Waals surface area contributed by atoms with Gasteiger partial charge < -0.3 is 14.9 Å². The second-order valence-electron chi connectivity index (χ2n) is 6.19. The molecule has 3 rings (SSSR count). The Balaban J connectivity index is 1.95. The molecule has 140 valence electrons. The van der Waals surface area contributed by atoms with Gasteiger partial charge in [0, 0.05) is 5.56 Å². The number of hydrogen-bond acceptors (Lipinski definition) is 6. The van der Waals surface area contributed by atoms with E-state index in [1.165, 1.54) is 18.2 Å². The predicted octanol–water partition coefficient (Wildman–Crippen LogP) is 1.76. The Labute approximate surface area is 155 Å².